The number of likely N-dealkylation sites (tertiary alicyclic amines) is 1. The van der Waals surface area contributed by atoms with Crippen LogP contribution in [0, 0.1) is 0 Å². The van der Waals surface area contributed by atoms with Crippen molar-refractivity contribution in [1.29, 1.82) is 0 Å². The predicted molar refractivity (Wildman–Crippen MR) is 146 cm³/mol. The summed E-state index contributed by atoms with van der Waals surface area (Å²) in [5.41, 5.74) is 8.59. The quantitative estimate of drug-likeness (QED) is 0.302. The van der Waals surface area contributed by atoms with E-state index in [1.54, 1.807) is 0 Å². The van der Waals surface area contributed by atoms with Crippen molar-refractivity contribution in [1.82, 2.24) is 19.9 Å². The number of aromatic nitrogens is 3. The van der Waals surface area contributed by atoms with Gasteiger partial charge in [-0.05, 0) is 58.0 Å². The van der Waals surface area contributed by atoms with E-state index in [9.17, 15) is 4.79 Å². The van der Waals surface area contributed by atoms with Crippen LogP contribution < -0.4 is 20.5 Å². The molecule has 2 aromatic heterocycles. The SMILES string of the molecule is CCOc1cc2nc(CN3CCCC3)nc(Nc3cccc(-c4csc(C(N)=O)n4)c3)c2cc1OCC. The van der Waals surface area contributed by atoms with Crippen LogP contribution in [0.1, 0.15) is 42.3 Å². The Hall–Kier alpha value is -3.76. The van der Waals surface area contributed by atoms with Crippen LogP contribution in [0.2, 0.25) is 0 Å². The molecule has 1 fully saturated rings. The molecule has 0 aliphatic carbocycles. The van der Waals surface area contributed by atoms with Crippen LogP contribution in [0.25, 0.3) is 22.2 Å². The maximum absolute atomic E-state index is 11.5. The van der Waals surface area contributed by atoms with Gasteiger partial charge in [0, 0.05) is 28.1 Å². The number of hydrogen-bond donors (Lipinski definition) is 2. The lowest BCUT2D eigenvalue weighted by Gasteiger charge is -2.18. The number of ether oxygens (including phenoxy) is 2. The van der Waals surface area contributed by atoms with Crippen molar-refractivity contribution in [2.24, 2.45) is 5.73 Å². The molecule has 0 atom stereocenters. The van der Waals surface area contributed by atoms with E-state index in [2.05, 4.69) is 15.2 Å². The van der Waals surface area contributed by atoms with Crippen molar-refractivity contribution >= 4 is 39.7 Å². The molecule has 0 radical (unpaired) electrons. The van der Waals surface area contributed by atoms with Crippen LogP contribution in [0.4, 0.5) is 11.5 Å². The lowest BCUT2D eigenvalue weighted by atomic mass is 10.1. The summed E-state index contributed by atoms with van der Waals surface area (Å²) in [6.07, 6.45) is 2.40. The average Bonchev–Trinajstić information content (AvgIpc) is 3.58. The van der Waals surface area contributed by atoms with E-state index in [1.807, 2.05) is 55.6 Å². The molecule has 37 heavy (non-hydrogen) atoms. The highest BCUT2D eigenvalue weighted by molar-refractivity contribution is 7.12. The third-order valence-corrected chi connectivity index (χ3v) is 6.96. The van der Waals surface area contributed by atoms with Crippen LogP contribution >= 0.6 is 11.3 Å². The number of fused-ring (bicyclic) bond motifs is 1. The average molecular weight is 519 g/mol. The van der Waals surface area contributed by atoms with E-state index in [0.29, 0.717) is 42.8 Å². The number of thiazole rings is 1. The first kappa shape index (κ1) is 24.9. The van der Waals surface area contributed by atoms with Gasteiger partial charge in [-0.25, -0.2) is 15.0 Å². The first-order valence-electron chi connectivity index (χ1n) is 12.5. The van der Waals surface area contributed by atoms with E-state index in [1.165, 1.54) is 24.2 Å². The normalized spacial score (nSPS) is 13.7. The Morgan fingerprint density at radius 2 is 1.81 bits per heavy atom. The number of nitrogens with zero attached hydrogens (tertiary/aromatic N) is 4. The van der Waals surface area contributed by atoms with Gasteiger partial charge in [-0.3, -0.25) is 9.69 Å². The lowest BCUT2D eigenvalue weighted by Crippen LogP contribution is -2.20. The molecule has 10 heteroatoms. The predicted octanol–water partition coefficient (Wildman–Crippen LogP) is 4.99. The fourth-order valence-electron chi connectivity index (χ4n) is 4.44. The monoisotopic (exact) mass is 518 g/mol. The van der Waals surface area contributed by atoms with Gasteiger partial charge in [0.25, 0.3) is 5.91 Å². The molecule has 1 aliphatic rings. The molecule has 1 saturated heterocycles. The molecule has 192 valence electrons. The highest BCUT2D eigenvalue weighted by atomic mass is 32.1. The molecular weight excluding hydrogens is 488 g/mol. The highest BCUT2D eigenvalue weighted by Crippen LogP contribution is 2.36. The summed E-state index contributed by atoms with van der Waals surface area (Å²) < 4.78 is 11.7. The van der Waals surface area contributed by atoms with Gasteiger partial charge in [0.15, 0.2) is 16.5 Å². The number of nitrogens with one attached hydrogen (secondary N) is 1. The third kappa shape index (κ3) is 5.65. The number of carbonyl (C=O) groups excluding carboxylic acids is 1. The van der Waals surface area contributed by atoms with E-state index in [4.69, 9.17) is 25.2 Å². The molecule has 9 nitrogen and oxygen atoms in total. The summed E-state index contributed by atoms with van der Waals surface area (Å²) in [6.45, 7) is 7.75. The highest BCUT2D eigenvalue weighted by Gasteiger charge is 2.18. The second kappa shape index (κ2) is 11.1. The maximum Gasteiger partial charge on any atom is 0.277 e. The Bertz CT molecular complexity index is 1420. The number of amides is 1. The summed E-state index contributed by atoms with van der Waals surface area (Å²) in [7, 11) is 0. The first-order chi connectivity index (χ1) is 18.0. The zero-order chi connectivity index (χ0) is 25.8. The van der Waals surface area contributed by atoms with E-state index in [0.717, 1.165) is 41.1 Å². The number of hydrogen-bond acceptors (Lipinski definition) is 9. The van der Waals surface area contributed by atoms with Gasteiger partial charge in [0.05, 0.1) is 31.0 Å². The van der Waals surface area contributed by atoms with Gasteiger partial charge in [-0.1, -0.05) is 12.1 Å². The lowest BCUT2D eigenvalue weighted by molar-refractivity contribution is 0.1000. The maximum atomic E-state index is 11.5. The van der Waals surface area contributed by atoms with Crippen molar-refractivity contribution in [3.8, 4) is 22.8 Å². The van der Waals surface area contributed by atoms with Crippen molar-refractivity contribution in [2.45, 2.75) is 33.2 Å². The van der Waals surface area contributed by atoms with Crippen molar-refractivity contribution in [3.05, 3.63) is 52.6 Å². The number of nitrogens with two attached hydrogens (primary N) is 1. The summed E-state index contributed by atoms with van der Waals surface area (Å²) in [4.78, 5) is 28.1. The smallest absolute Gasteiger partial charge is 0.277 e. The first-order valence-corrected chi connectivity index (χ1v) is 13.4. The molecule has 2 aromatic carbocycles. The van der Waals surface area contributed by atoms with Crippen molar-refractivity contribution < 1.29 is 14.3 Å². The number of anilines is 2. The molecular formula is C27H30N6O3S. The van der Waals surface area contributed by atoms with Crippen molar-refractivity contribution in [3.63, 3.8) is 0 Å². The number of rotatable bonds is 10. The standard InChI is InChI=1S/C27H30N6O3S/c1-3-35-22-13-19-20(14-23(22)36-4-2)30-24(15-33-10-5-6-11-33)32-26(19)29-18-9-7-8-17(12-18)21-16-37-27(31-21)25(28)34/h7-9,12-14,16H,3-6,10-11,15H2,1-2H3,(H2,28,34)(H,29,30,32). The Labute approximate surface area is 219 Å². The fourth-order valence-corrected chi connectivity index (χ4v) is 5.12. The van der Waals surface area contributed by atoms with Gasteiger partial charge in [0.1, 0.15) is 11.6 Å². The van der Waals surface area contributed by atoms with Gasteiger partial charge < -0.3 is 20.5 Å². The van der Waals surface area contributed by atoms with Crippen LogP contribution in [-0.2, 0) is 6.54 Å². The number of benzene rings is 2. The second-order valence-corrected chi connectivity index (χ2v) is 9.62. The molecule has 3 N–H and O–H groups in total. The molecule has 5 rings (SSSR count). The van der Waals surface area contributed by atoms with Gasteiger partial charge >= 0.3 is 0 Å². The molecule has 0 saturated carbocycles. The summed E-state index contributed by atoms with van der Waals surface area (Å²) in [5, 5.41) is 6.45. The van der Waals surface area contributed by atoms with E-state index < -0.39 is 5.91 Å². The summed E-state index contributed by atoms with van der Waals surface area (Å²) in [5.74, 6) is 2.25. The molecule has 0 spiro atoms. The topological polar surface area (TPSA) is 115 Å². The minimum absolute atomic E-state index is 0.287. The Balaban J connectivity index is 1.55. The van der Waals surface area contributed by atoms with Crippen LogP contribution in [0.15, 0.2) is 41.8 Å². The number of carbonyl (C=O) groups is 1. The van der Waals surface area contributed by atoms with E-state index >= 15 is 0 Å². The van der Waals surface area contributed by atoms with Crippen molar-refractivity contribution in [2.75, 3.05) is 31.6 Å². The van der Waals surface area contributed by atoms with Crippen LogP contribution in [0.3, 0.4) is 0 Å². The zero-order valence-corrected chi connectivity index (χ0v) is 21.8. The van der Waals surface area contributed by atoms with Gasteiger partial charge in [0.2, 0.25) is 0 Å². The number of primary amides is 1. The summed E-state index contributed by atoms with van der Waals surface area (Å²) in [6, 6.07) is 11.7. The Morgan fingerprint density at radius 3 is 2.51 bits per heavy atom. The Kier molecular flexibility index (Phi) is 7.47. The largest absolute Gasteiger partial charge is 0.490 e. The molecule has 0 bridgehead atoms. The van der Waals surface area contributed by atoms with E-state index in [-0.39, 0.29) is 5.01 Å². The zero-order valence-electron chi connectivity index (χ0n) is 21.0. The Morgan fingerprint density at radius 1 is 1.05 bits per heavy atom. The summed E-state index contributed by atoms with van der Waals surface area (Å²) >= 11 is 1.24. The van der Waals surface area contributed by atoms with Crippen LogP contribution in [0.5, 0.6) is 11.5 Å². The molecule has 4 aromatic rings. The molecule has 1 amide bonds. The molecule has 3 heterocycles. The minimum atomic E-state index is -0.528. The van der Waals surface area contributed by atoms with Gasteiger partial charge in [-0.15, -0.1) is 11.3 Å². The molecule has 1 aliphatic heterocycles. The van der Waals surface area contributed by atoms with Gasteiger partial charge in [-0.2, -0.15) is 0 Å². The fraction of sp³-hybridized carbons (Fsp3) is 0.333. The minimum Gasteiger partial charge on any atom is -0.490 e. The molecule has 0 unspecified atom stereocenters. The third-order valence-electron chi connectivity index (χ3n) is 6.11. The van der Waals surface area contributed by atoms with Crippen LogP contribution in [-0.4, -0.2) is 52.1 Å². The second-order valence-electron chi connectivity index (χ2n) is 8.76.